The summed E-state index contributed by atoms with van der Waals surface area (Å²) < 4.78 is 16.8. The van der Waals surface area contributed by atoms with Gasteiger partial charge in [-0.1, -0.05) is 32.4 Å². The quantitative estimate of drug-likeness (QED) is 0.265. The molecule has 0 aromatic carbocycles. The maximum Gasteiger partial charge on any atom is 0.320 e. The Morgan fingerprint density at radius 1 is 1.24 bits per heavy atom. The number of carbonyl (C=O) groups is 3. The number of ether oxygens (including phenoxy) is 3. The van der Waals surface area contributed by atoms with Crippen LogP contribution in [0.2, 0.25) is 0 Å². The molecule has 0 unspecified atom stereocenters. The van der Waals surface area contributed by atoms with Crippen molar-refractivity contribution < 1.29 is 28.6 Å². The Bertz CT molecular complexity index is 905. The highest BCUT2D eigenvalue weighted by Crippen LogP contribution is 2.52. The van der Waals surface area contributed by atoms with Gasteiger partial charge in [-0.05, 0) is 63.4 Å². The van der Waals surface area contributed by atoms with Crippen LogP contribution in [0, 0.1) is 16.7 Å². The van der Waals surface area contributed by atoms with Crippen LogP contribution < -0.4 is 5.32 Å². The molecule has 1 fully saturated rings. The van der Waals surface area contributed by atoms with Crippen molar-refractivity contribution in [3.8, 4) is 0 Å². The van der Waals surface area contributed by atoms with Gasteiger partial charge in [0.25, 0.3) is 0 Å². The normalized spacial score (nSPS) is 28.2. The van der Waals surface area contributed by atoms with E-state index in [2.05, 4.69) is 32.2 Å². The molecule has 2 amide bonds. The van der Waals surface area contributed by atoms with Crippen molar-refractivity contribution in [3.05, 3.63) is 23.4 Å². The van der Waals surface area contributed by atoms with Gasteiger partial charge in [-0.2, -0.15) is 0 Å². The maximum absolute atomic E-state index is 14.0. The van der Waals surface area contributed by atoms with Gasteiger partial charge in [-0.15, -0.1) is 0 Å². The first-order valence-corrected chi connectivity index (χ1v) is 13.8. The smallest absolute Gasteiger partial charge is 0.320 e. The van der Waals surface area contributed by atoms with Crippen molar-refractivity contribution in [1.82, 2.24) is 10.2 Å². The van der Waals surface area contributed by atoms with Crippen LogP contribution in [0.4, 0.5) is 0 Å². The number of esters is 1. The van der Waals surface area contributed by atoms with Crippen molar-refractivity contribution in [1.29, 1.82) is 0 Å². The number of nitrogens with zero attached hydrogens (tertiary/aromatic N) is 1. The van der Waals surface area contributed by atoms with Crippen molar-refractivity contribution in [3.63, 3.8) is 0 Å². The van der Waals surface area contributed by atoms with E-state index in [0.717, 1.165) is 25.7 Å². The molecule has 0 aromatic heterocycles. The van der Waals surface area contributed by atoms with Crippen LogP contribution in [0.1, 0.15) is 79.1 Å². The summed E-state index contributed by atoms with van der Waals surface area (Å²) in [6.45, 7) is 9.66. The highest BCUT2D eigenvalue weighted by Gasteiger charge is 2.60. The SMILES string of the molecule is COCCCNC(=O)C[C@H]1C[C@]2(C(=O)OC)C(=C[C@@H](C(C)(C)C)O[C@H]2C)N(CCC2=CCCCC2)C1=O. The van der Waals surface area contributed by atoms with Crippen molar-refractivity contribution in [2.75, 3.05) is 33.9 Å². The average molecular weight is 519 g/mol. The average Bonchev–Trinajstić information content (AvgIpc) is 2.86. The summed E-state index contributed by atoms with van der Waals surface area (Å²) in [6, 6.07) is 0. The summed E-state index contributed by atoms with van der Waals surface area (Å²) in [6.07, 6.45) is 9.61. The molecular formula is C29H46N2O6. The minimum absolute atomic E-state index is 0.0203. The lowest BCUT2D eigenvalue weighted by molar-refractivity contribution is -0.180. The number of likely N-dealkylation sites (tertiary alicyclic amines) is 1. The fraction of sp³-hybridized carbons (Fsp3) is 0.759. The molecule has 1 aliphatic carbocycles. The van der Waals surface area contributed by atoms with Gasteiger partial charge in [-0.25, -0.2) is 0 Å². The summed E-state index contributed by atoms with van der Waals surface area (Å²) >= 11 is 0. The zero-order valence-corrected chi connectivity index (χ0v) is 23.6. The molecule has 4 atom stereocenters. The molecule has 8 nitrogen and oxygen atoms in total. The zero-order valence-electron chi connectivity index (χ0n) is 23.6. The minimum Gasteiger partial charge on any atom is -0.468 e. The van der Waals surface area contributed by atoms with Gasteiger partial charge in [0, 0.05) is 44.8 Å². The van der Waals surface area contributed by atoms with Crippen LogP contribution in [0.3, 0.4) is 0 Å². The molecule has 3 rings (SSSR count). The van der Waals surface area contributed by atoms with Crippen LogP contribution >= 0.6 is 0 Å². The summed E-state index contributed by atoms with van der Waals surface area (Å²) in [4.78, 5) is 42.1. The largest absolute Gasteiger partial charge is 0.468 e. The summed E-state index contributed by atoms with van der Waals surface area (Å²) in [5.74, 6) is -1.36. The molecule has 0 aromatic rings. The number of piperidine rings is 1. The second-order valence-corrected chi connectivity index (χ2v) is 11.7. The van der Waals surface area contributed by atoms with E-state index >= 15 is 0 Å². The van der Waals surface area contributed by atoms with E-state index in [1.54, 1.807) is 12.0 Å². The number of rotatable bonds is 10. The molecule has 1 N–H and O–H groups in total. The number of hydrogen-bond acceptors (Lipinski definition) is 6. The number of methoxy groups -OCH3 is 2. The molecule has 0 bridgehead atoms. The van der Waals surface area contributed by atoms with Gasteiger partial charge < -0.3 is 24.4 Å². The van der Waals surface area contributed by atoms with Crippen LogP contribution in [0.25, 0.3) is 0 Å². The maximum atomic E-state index is 14.0. The number of fused-ring (bicyclic) bond motifs is 1. The van der Waals surface area contributed by atoms with Gasteiger partial charge in [-0.3, -0.25) is 14.4 Å². The lowest BCUT2D eigenvalue weighted by atomic mass is 9.65. The molecular weight excluding hydrogens is 472 g/mol. The van der Waals surface area contributed by atoms with Crippen LogP contribution in [-0.4, -0.2) is 68.8 Å². The van der Waals surface area contributed by atoms with Gasteiger partial charge >= 0.3 is 5.97 Å². The third-order valence-electron chi connectivity index (χ3n) is 8.01. The molecule has 208 valence electrons. The monoisotopic (exact) mass is 518 g/mol. The molecule has 0 radical (unpaired) electrons. The lowest BCUT2D eigenvalue weighted by Crippen LogP contribution is -2.61. The fourth-order valence-electron chi connectivity index (χ4n) is 5.80. The fourth-order valence-corrected chi connectivity index (χ4v) is 5.80. The van der Waals surface area contributed by atoms with E-state index < -0.39 is 23.4 Å². The topological polar surface area (TPSA) is 94.2 Å². The van der Waals surface area contributed by atoms with Crippen LogP contribution in [0.5, 0.6) is 0 Å². The summed E-state index contributed by atoms with van der Waals surface area (Å²) in [7, 11) is 3.00. The van der Waals surface area contributed by atoms with Crippen molar-refractivity contribution in [2.24, 2.45) is 16.7 Å². The third-order valence-corrected chi connectivity index (χ3v) is 8.01. The predicted molar refractivity (Wildman–Crippen MR) is 141 cm³/mol. The Morgan fingerprint density at radius 2 is 2.00 bits per heavy atom. The first kappa shape index (κ1) is 29.4. The molecule has 3 aliphatic rings. The zero-order chi connectivity index (χ0) is 27.2. The van der Waals surface area contributed by atoms with Gasteiger partial charge in [0.05, 0.1) is 19.3 Å². The summed E-state index contributed by atoms with van der Waals surface area (Å²) in [5, 5.41) is 2.89. The molecule has 0 spiro atoms. The van der Waals surface area contributed by atoms with E-state index in [1.165, 1.54) is 19.1 Å². The second-order valence-electron chi connectivity index (χ2n) is 11.7. The van der Waals surface area contributed by atoms with E-state index in [0.29, 0.717) is 31.8 Å². The molecule has 0 saturated carbocycles. The highest BCUT2D eigenvalue weighted by molar-refractivity contribution is 5.92. The first-order valence-electron chi connectivity index (χ1n) is 13.8. The van der Waals surface area contributed by atoms with E-state index in [-0.39, 0.29) is 36.2 Å². The van der Waals surface area contributed by atoms with Crippen molar-refractivity contribution >= 4 is 17.8 Å². The lowest BCUT2D eigenvalue weighted by Gasteiger charge is -2.53. The van der Waals surface area contributed by atoms with Crippen LogP contribution in [0.15, 0.2) is 23.4 Å². The van der Waals surface area contributed by atoms with Crippen molar-refractivity contribution in [2.45, 2.75) is 91.3 Å². The molecule has 1 saturated heterocycles. The predicted octanol–water partition coefficient (Wildman–Crippen LogP) is 4.14. The van der Waals surface area contributed by atoms with E-state index in [9.17, 15) is 14.4 Å². The highest BCUT2D eigenvalue weighted by atomic mass is 16.5. The standard InChI is InChI=1S/C29H46N2O6/c1-20-29(27(34)36-6)19-22(17-25(32)30-14-10-16-35-5)26(33)31(15-13-21-11-8-7-9-12-21)23(29)18-24(37-20)28(2,3)4/h11,18,20,22,24H,7-10,12-17,19H2,1-6H3,(H,30,32)/t20-,22-,24-,29+/m0/s1. The Kier molecular flexibility index (Phi) is 9.98. The molecule has 37 heavy (non-hydrogen) atoms. The third kappa shape index (κ3) is 6.63. The summed E-state index contributed by atoms with van der Waals surface area (Å²) in [5.41, 5.74) is 0.667. The van der Waals surface area contributed by atoms with E-state index in [4.69, 9.17) is 14.2 Å². The molecule has 2 heterocycles. The molecule has 8 heteroatoms. The van der Waals surface area contributed by atoms with Gasteiger partial charge in [0.2, 0.25) is 11.8 Å². The number of allylic oxidation sites excluding steroid dienone is 1. The number of nitrogens with one attached hydrogen (secondary N) is 1. The number of carbonyl (C=O) groups excluding carboxylic acids is 3. The first-order chi connectivity index (χ1) is 17.5. The Morgan fingerprint density at radius 3 is 2.62 bits per heavy atom. The Hall–Kier alpha value is -2.19. The number of hydrogen-bond donors (Lipinski definition) is 1. The Balaban J connectivity index is 1.96. The number of amides is 2. The van der Waals surface area contributed by atoms with Gasteiger partial charge in [0.1, 0.15) is 5.41 Å². The van der Waals surface area contributed by atoms with E-state index in [1.807, 2.05) is 13.0 Å². The minimum atomic E-state index is -1.15. The Labute approximate surface area is 222 Å². The molecule has 2 aliphatic heterocycles. The second kappa shape index (κ2) is 12.6. The van der Waals surface area contributed by atoms with Crippen LogP contribution in [-0.2, 0) is 28.6 Å². The van der Waals surface area contributed by atoms with Gasteiger partial charge in [0.15, 0.2) is 0 Å².